The summed E-state index contributed by atoms with van der Waals surface area (Å²) in [5.41, 5.74) is 10.0. The largest absolute Gasteiger partial charge is 1.00 e. The molecular formula is C49H39B2Cl4F8NO2. The maximum absolute atomic E-state index is 9.67. The molecule has 2 aliphatic rings. The highest BCUT2D eigenvalue weighted by molar-refractivity contribution is 6.33. The van der Waals surface area contributed by atoms with Crippen LogP contribution in [0.5, 0.6) is 0 Å². The van der Waals surface area contributed by atoms with E-state index in [-0.39, 0.29) is 14.8 Å². The van der Waals surface area contributed by atoms with Gasteiger partial charge in [0.15, 0.2) is 5.71 Å². The van der Waals surface area contributed by atoms with Crippen molar-refractivity contribution in [1.29, 1.82) is 0 Å². The van der Waals surface area contributed by atoms with Crippen molar-refractivity contribution in [2.24, 2.45) is 0 Å². The molecule has 0 spiro atoms. The minimum atomic E-state index is -3.67. The number of fused-ring (bicyclic) bond motifs is 1. The van der Waals surface area contributed by atoms with Gasteiger partial charge in [-0.15, -0.1) is 0 Å². The number of nitrogens with zero attached hydrogens (tertiary/aromatic N) is 1. The van der Waals surface area contributed by atoms with E-state index in [2.05, 4.69) is 68.0 Å². The van der Waals surface area contributed by atoms with Gasteiger partial charge in [0.25, 0.3) is 0 Å². The average Bonchev–Trinajstić information content (AvgIpc) is 3.44. The molecule has 66 heavy (non-hydrogen) atoms. The van der Waals surface area contributed by atoms with Gasteiger partial charge in [0, 0.05) is 55.0 Å². The fourth-order valence-corrected chi connectivity index (χ4v) is 7.41. The van der Waals surface area contributed by atoms with Gasteiger partial charge in [-0.2, -0.15) is 4.58 Å². The summed E-state index contributed by atoms with van der Waals surface area (Å²) in [6.45, 7) is 6.47. The number of rotatable bonds is 6. The first kappa shape index (κ1) is 54.7. The van der Waals surface area contributed by atoms with E-state index in [0.29, 0.717) is 15.1 Å². The van der Waals surface area contributed by atoms with Gasteiger partial charge in [-0.3, -0.25) is 25.9 Å². The number of benzene rings is 5. The summed E-state index contributed by atoms with van der Waals surface area (Å²) >= 11 is 24.1. The first-order valence-corrected chi connectivity index (χ1v) is 21.0. The van der Waals surface area contributed by atoms with Crippen LogP contribution in [0.25, 0.3) is 33.8 Å². The van der Waals surface area contributed by atoms with Crippen molar-refractivity contribution >= 4 is 84.2 Å². The van der Waals surface area contributed by atoms with Crippen LogP contribution >= 0.6 is 46.4 Å². The number of para-hydroxylation sites is 1. The lowest BCUT2D eigenvalue weighted by molar-refractivity contribution is -0.401. The number of hydrogen-bond acceptors (Lipinski definition) is 1. The summed E-state index contributed by atoms with van der Waals surface area (Å²) in [6.07, 6.45) is 10.4. The molecule has 0 fully saturated rings. The third-order valence-corrected chi connectivity index (χ3v) is 10.8. The van der Waals surface area contributed by atoms with Crippen LogP contribution in [0.4, 0.5) is 31.6 Å². The molecule has 17 heteroatoms. The number of aryl methyl sites for hydroxylation is 1. The molecule has 0 amide bonds. The zero-order chi connectivity index (χ0) is 46.6. The monoisotopic (exact) mass is 987 g/mol. The average molecular weight is 989 g/mol. The summed E-state index contributed by atoms with van der Waals surface area (Å²) in [7, 11) is -5.21. The Morgan fingerprint density at radius 1 is 0.591 bits per heavy atom. The summed E-state index contributed by atoms with van der Waals surface area (Å²) in [4.78, 5) is 0. The van der Waals surface area contributed by atoms with Crippen LogP contribution in [0.2, 0.25) is 20.1 Å². The SMILES string of the molecule is C[N+]1=C(C=CC=C2C=C(c3ccc(Cl)cc3)C=C(c3ccc(Cl)cc3)O2)C(C)(C)c2ccccc21.Cc1cc(-c2ccc(Cl)cc2)cc(-c2ccc(Cl)cc2)[o+]1.FB(F)F.FB(F)F.[F-].[F-]. The normalized spacial score (nSPS) is 13.7. The molecule has 1 aromatic heterocycles. The Labute approximate surface area is 399 Å². The zero-order valence-corrected chi connectivity index (χ0v) is 38.6. The van der Waals surface area contributed by atoms with Gasteiger partial charge in [0.2, 0.25) is 5.69 Å². The molecule has 0 bridgehead atoms. The minimum Gasteiger partial charge on any atom is -1.00 e. The van der Waals surface area contributed by atoms with E-state index in [0.717, 1.165) is 61.5 Å². The Morgan fingerprint density at radius 3 is 1.55 bits per heavy atom. The van der Waals surface area contributed by atoms with Crippen molar-refractivity contribution in [2.75, 3.05) is 7.05 Å². The van der Waals surface area contributed by atoms with E-state index in [1.54, 1.807) is 0 Å². The fourth-order valence-electron chi connectivity index (χ4n) is 6.91. The van der Waals surface area contributed by atoms with Crippen molar-refractivity contribution in [2.45, 2.75) is 26.2 Å². The van der Waals surface area contributed by atoms with Gasteiger partial charge in [-0.1, -0.05) is 94.9 Å². The molecule has 3 nitrogen and oxygen atoms in total. The van der Waals surface area contributed by atoms with Gasteiger partial charge >= 0.3 is 26.6 Å². The topological polar surface area (TPSA) is 23.5 Å². The van der Waals surface area contributed by atoms with Gasteiger partial charge < -0.3 is 14.1 Å². The zero-order valence-electron chi connectivity index (χ0n) is 35.5. The summed E-state index contributed by atoms with van der Waals surface area (Å²) < 4.78 is 72.4. The van der Waals surface area contributed by atoms with Crippen molar-refractivity contribution in [3.8, 4) is 22.5 Å². The first-order valence-electron chi connectivity index (χ1n) is 19.4. The van der Waals surface area contributed by atoms with E-state index >= 15 is 0 Å². The molecule has 2 aliphatic heterocycles. The standard InChI is InChI=1S/C31H26Cl2NO.C18H13Cl2O.2BF3.2FH/c1-31(2)27-8-4-5-9-28(27)34(3)30(31)10-6-7-26-19-23(21-11-15-24(32)16-12-21)20-29(35-26)22-13-17-25(33)18-14-22;1-12-10-15(13-2-6-16(19)7-3-13)11-18(21-12)14-4-8-17(20)9-5-14;2*2-1(3)4;;/h4-20H,1-3H3;2-11H,1H3;;;2*1H/q2*+1;;;;/p-2. The number of hydrogen-bond donors (Lipinski definition) is 0. The molecule has 0 atom stereocenters. The Bertz CT molecular complexity index is 2620. The van der Waals surface area contributed by atoms with E-state index in [4.69, 9.17) is 55.6 Å². The Morgan fingerprint density at radius 2 is 1.05 bits per heavy atom. The lowest BCUT2D eigenvalue weighted by Crippen LogP contribution is -3.00. The van der Waals surface area contributed by atoms with E-state index in [9.17, 15) is 25.9 Å². The fraction of sp³-hybridized carbons (Fsp3) is 0.102. The number of halogens is 12. The Hall–Kier alpha value is -5.59. The molecule has 6 aromatic rings. The smallest absolute Gasteiger partial charge is 0.762 e. The molecule has 0 saturated carbocycles. The summed E-state index contributed by atoms with van der Waals surface area (Å²) in [6, 6.07) is 43.5. The molecular weight excluding hydrogens is 950 g/mol. The third-order valence-electron chi connectivity index (χ3n) is 9.80. The predicted octanol–water partition coefficient (Wildman–Crippen LogP) is 10.9. The van der Waals surface area contributed by atoms with Gasteiger partial charge in [0.1, 0.15) is 18.6 Å². The third kappa shape index (κ3) is 15.5. The van der Waals surface area contributed by atoms with Gasteiger partial charge in [-0.05, 0) is 122 Å². The predicted molar refractivity (Wildman–Crippen MR) is 254 cm³/mol. The Kier molecular flexibility index (Phi) is 21.0. The van der Waals surface area contributed by atoms with Crippen LogP contribution in [-0.2, 0) is 10.2 Å². The summed E-state index contributed by atoms with van der Waals surface area (Å²) in [5, 5.41) is 2.85. The van der Waals surface area contributed by atoms with E-state index < -0.39 is 15.1 Å². The second kappa shape index (κ2) is 25.4. The molecule has 0 N–H and O–H groups in total. The van der Waals surface area contributed by atoms with Crippen LogP contribution in [0, 0.1) is 6.92 Å². The van der Waals surface area contributed by atoms with E-state index in [1.807, 2.05) is 128 Å². The maximum Gasteiger partial charge on any atom is 0.762 e. The van der Waals surface area contributed by atoms with Crippen molar-refractivity contribution in [1.82, 2.24) is 0 Å². The minimum absolute atomic E-state index is 0. The second-order valence-electron chi connectivity index (χ2n) is 14.6. The Balaban J connectivity index is 0.000000317. The van der Waals surface area contributed by atoms with Crippen LogP contribution < -0.4 is 9.41 Å². The van der Waals surface area contributed by atoms with Crippen LogP contribution in [0.3, 0.4) is 0 Å². The highest BCUT2D eigenvalue weighted by atomic mass is 35.5. The molecule has 0 radical (unpaired) electrons. The maximum atomic E-state index is 9.67. The van der Waals surface area contributed by atoms with Crippen LogP contribution in [0.15, 0.2) is 174 Å². The molecule has 0 aliphatic carbocycles. The highest BCUT2D eigenvalue weighted by Crippen LogP contribution is 2.39. The lowest BCUT2D eigenvalue weighted by atomic mass is 9.81. The van der Waals surface area contributed by atoms with Crippen molar-refractivity contribution in [3.63, 3.8) is 0 Å². The van der Waals surface area contributed by atoms with Crippen molar-refractivity contribution < 1.29 is 49.0 Å². The molecule has 0 unspecified atom stereocenters. The number of allylic oxidation sites excluding steroid dienone is 6. The summed E-state index contributed by atoms with van der Waals surface area (Å²) in [5.74, 6) is 3.20. The van der Waals surface area contributed by atoms with Crippen LogP contribution in [0.1, 0.15) is 36.3 Å². The first-order chi connectivity index (χ1) is 30.4. The molecule has 5 aromatic carbocycles. The molecule has 8 rings (SSSR count). The molecule has 3 heterocycles. The quantitative estimate of drug-likeness (QED) is 0.0719. The van der Waals surface area contributed by atoms with Gasteiger partial charge in [-0.25, -0.2) is 4.42 Å². The van der Waals surface area contributed by atoms with Gasteiger partial charge in [0.05, 0.1) is 24.0 Å². The molecule has 0 saturated heterocycles. The number of ether oxygens (including phenoxy) is 1. The van der Waals surface area contributed by atoms with Crippen molar-refractivity contribution in [3.05, 3.63) is 212 Å². The van der Waals surface area contributed by atoms with E-state index in [1.165, 1.54) is 17.0 Å². The lowest BCUT2D eigenvalue weighted by Gasteiger charge is -2.18. The highest BCUT2D eigenvalue weighted by Gasteiger charge is 2.42. The second-order valence-corrected chi connectivity index (χ2v) is 16.3. The van der Waals surface area contributed by atoms with Crippen LogP contribution in [-0.4, -0.2) is 32.4 Å². The molecule has 342 valence electrons.